The number of rotatable bonds is 2. The molecule has 4 heteroatoms. The molecule has 1 aliphatic heterocycles. The van der Waals surface area contributed by atoms with Crippen molar-refractivity contribution in [3.8, 4) is 0 Å². The van der Waals surface area contributed by atoms with Gasteiger partial charge in [-0.25, -0.2) is 0 Å². The standard InChI is InChI=1S/C12H15BrN2O/c13-11-3-1-2-10(8-11)9-15-7-6-14-5-4-12(15)16/h1-3,8,14H,4-7,9H2. The third kappa shape index (κ3) is 3.06. The first kappa shape index (κ1) is 11.6. The van der Waals surface area contributed by atoms with Gasteiger partial charge < -0.3 is 10.2 Å². The summed E-state index contributed by atoms with van der Waals surface area (Å²) in [7, 11) is 0. The fraction of sp³-hybridized carbons (Fsp3) is 0.417. The molecule has 1 saturated heterocycles. The molecule has 0 atom stereocenters. The van der Waals surface area contributed by atoms with Crippen LogP contribution in [0.2, 0.25) is 0 Å². The zero-order valence-corrected chi connectivity index (χ0v) is 10.7. The molecule has 16 heavy (non-hydrogen) atoms. The van der Waals surface area contributed by atoms with Gasteiger partial charge in [-0.2, -0.15) is 0 Å². The van der Waals surface area contributed by atoms with Crippen LogP contribution in [0.1, 0.15) is 12.0 Å². The van der Waals surface area contributed by atoms with Crippen LogP contribution in [0.5, 0.6) is 0 Å². The lowest BCUT2D eigenvalue weighted by molar-refractivity contribution is -0.130. The lowest BCUT2D eigenvalue weighted by atomic mass is 10.2. The lowest BCUT2D eigenvalue weighted by Gasteiger charge is -2.20. The first-order valence-electron chi connectivity index (χ1n) is 5.48. The second kappa shape index (κ2) is 5.46. The summed E-state index contributed by atoms with van der Waals surface area (Å²) >= 11 is 3.44. The van der Waals surface area contributed by atoms with Crippen LogP contribution in [0.4, 0.5) is 0 Å². The van der Waals surface area contributed by atoms with Gasteiger partial charge in [-0.3, -0.25) is 4.79 Å². The van der Waals surface area contributed by atoms with Crippen molar-refractivity contribution in [3.63, 3.8) is 0 Å². The van der Waals surface area contributed by atoms with Gasteiger partial charge in [-0.15, -0.1) is 0 Å². The van der Waals surface area contributed by atoms with Crippen LogP contribution in [0.3, 0.4) is 0 Å². The first-order chi connectivity index (χ1) is 7.75. The number of carbonyl (C=O) groups is 1. The van der Waals surface area contributed by atoms with E-state index < -0.39 is 0 Å². The highest BCUT2D eigenvalue weighted by Crippen LogP contribution is 2.14. The summed E-state index contributed by atoms with van der Waals surface area (Å²) in [4.78, 5) is 13.7. The highest BCUT2D eigenvalue weighted by Gasteiger charge is 2.16. The maximum atomic E-state index is 11.8. The third-order valence-corrected chi connectivity index (χ3v) is 3.18. The number of carbonyl (C=O) groups excluding carboxylic acids is 1. The van der Waals surface area contributed by atoms with E-state index in [0.29, 0.717) is 13.0 Å². The molecule has 1 heterocycles. The van der Waals surface area contributed by atoms with E-state index in [-0.39, 0.29) is 5.91 Å². The van der Waals surface area contributed by atoms with Crippen LogP contribution < -0.4 is 5.32 Å². The second-order valence-electron chi connectivity index (χ2n) is 3.95. The van der Waals surface area contributed by atoms with Gasteiger partial charge >= 0.3 is 0 Å². The fourth-order valence-electron chi connectivity index (χ4n) is 1.84. The molecule has 86 valence electrons. The Morgan fingerprint density at radius 1 is 1.38 bits per heavy atom. The minimum Gasteiger partial charge on any atom is -0.337 e. The molecule has 1 aliphatic rings. The molecule has 1 aromatic carbocycles. The molecule has 1 fully saturated rings. The average molecular weight is 283 g/mol. The predicted octanol–water partition coefficient (Wildman–Crippen LogP) is 1.77. The zero-order chi connectivity index (χ0) is 11.4. The Morgan fingerprint density at radius 3 is 3.06 bits per heavy atom. The van der Waals surface area contributed by atoms with Crippen LogP contribution in [0.25, 0.3) is 0 Å². The van der Waals surface area contributed by atoms with Crippen molar-refractivity contribution in [2.24, 2.45) is 0 Å². The highest BCUT2D eigenvalue weighted by atomic mass is 79.9. The van der Waals surface area contributed by atoms with E-state index in [2.05, 4.69) is 33.4 Å². The van der Waals surface area contributed by atoms with Gasteiger partial charge in [0, 0.05) is 37.1 Å². The molecule has 0 spiro atoms. The molecule has 3 nitrogen and oxygen atoms in total. The lowest BCUT2D eigenvalue weighted by Crippen LogP contribution is -2.31. The van der Waals surface area contributed by atoms with Crippen molar-refractivity contribution in [1.29, 1.82) is 0 Å². The predicted molar refractivity (Wildman–Crippen MR) is 67.0 cm³/mol. The van der Waals surface area contributed by atoms with E-state index >= 15 is 0 Å². The Balaban J connectivity index is 2.05. The number of nitrogens with one attached hydrogen (secondary N) is 1. The molecular weight excluding hydrogens is 268 g/mol. The van der Waals surface area contributed by atoms with Gasteiger partial charge in [0.1, 0.15) is 0 Å². The number of nitrogens with zero attached hydrogens (tertiary/aromatic N) is 1. The molecule has 0 saturated carbocycles. The van der Waals surface area contributed by atoms with E-state index in [1.165, 1.54) is 5.56 Å². The molecule has 2 rings (SSSR count). The summed E-state index contributed by atoms with van der Waals surface area (Å²) in [5.41, 5.74) is 1.17. The third-order valence-electron chi connectivity index (χ3n) is 2.69. The first-order valence-corrected chi connectivity index (χ1v) is 6.28. The Morgan fingerprint density at radius 2 is 2.25 bits per heavy atom. The van der Waals surface area contributed by atoms with Crippen LogP contribution in [-0.2, 0) is 11.3 Å². The largest absolute Gasteiger partial charge is 0.337 e. The summed E-state index contributed by atoms with van der Waals surface area (Å²) in [5, 5.41) is 3.23. The highest BCUT2D eigenvalue weighted by molar-refractivity contribution is 9.10. The van der Waals surface area contributed by atoms with Crippen LogP contribution in [-0.4, -0.2) is 30.4 Å². The van der Waals surface area contributed by atoms with Gasteiger partial charge in [0.05, 0.1) is 0 Å². The number of amides is 1. The summed E-state index contributed by atoms with van der Waals surface area (Å²) in [6.45, 7) is 3.19. The zero-order valence-electron chi connectivity index (χ0n) is 9.08. The van der Waals surface area contributed by atoms with E-state index in [1.54, 1.807) is 0 Å². The van der Waals surface area contributed by atoms with Crippen molar-refractivity contribution >= 4 is 21.8 Å². The monoisotopic (exact) mass is 282 g/mol. The Labute approximate surface area is 104 Å². The Kier molecular flexibility index (Phi) is 3.96. The van der Waals surface area contributed by atoms with Crippen LogP contribution in [0.15, 0.2) is 28.7 Å². The summed E-state index contributed by atoms with van der Waals surface area (Å²) in [5.74, 6) is 0.241. The van der Waals surface area contributed by atoms with Crippen molar-refractivity contribution in [3.05, 3.63) is 34.3 Å². The summed E-state index contributed by atoms with van der Waals surface area (Å²) in [6.07, 6.45) is 0.605. The Bertz CT molecular complexity index is 381. The smallest absolute Gasteiger partial charge is 0.224 e. The van der Waals surface area contributed by atoms with Gasteiger partial charge in [0.25, 0.3) is 0 Å². The van der Waals surface area contributed by atoms with E-state index in [1.807, 2.05) is 17.0 Å². The molecule has 0 radical (unpaired) electrons. The second-order valence-corrected chi connectivity index (χ2v) is 4.86. The van der Waals surface area contributed by atoms with Gasteiger partial charge in [0.2, 0.25) is 5.91 Å². The normalized spacial score (nSPS) is 17.3. The van der Waals surface area contributed by atoms with Crippen molar-refractivity contribution in [1.82, 2.24) is 10.2 Å². The molecular formula is C12H15BrN2O. The van der Waals surface area contributed by atoms with Gasteiger partial charge in [-0.1, -0.05) is 28.1 Å². The van der Waals surface area contributed by atoms with E-state index in [9.17, 15) is 4.79 Å². The molecule has 0 aromatic heterocycles. The maximum Gasteiger partial charge on any atom is 0.224 e. The molecule has 0 aliphatic carbocycles. The number of benzene rings is 1. The quantitative estimate of drug-likeness (QED) is 0.897. The van der Waals surface area contributed by atoms with Crippen LogP contribution in [0, 0.1) is 0 Å². The SMILES string of the molecule is O=C1CCNCCN1Cc1cccc(Br)c1. The summed E-state index contributed by atoms with van der Waals surface area (Å²) in [6, 6.07) is 8.11. The van der Waals surface area contributed by atoms with Gasteiger partial charge in [-0.05, 0) is 17.7 Å². The van der Waals surface area contributed by atoms with E-state index in [0.717, 1.165) is 24.1 Å². The Hall–Kier alpha value is -0.870. The van der Waals surface area contributed by atoms with E-state index in [4.69, 9.17) is 0 Å². The molecule has 1 amide bonds. The molecule has 0 bridgehead atoms. The number of hydrogen-bond donors (Lipinski definition) is 1. The molecule has 1 aromatic rings. The number of halogens is 1. The van der Waals surface area contributed by atoms with Crippen molar-refractivity contribution < 1.29 is 4.79 Å². The number of hydrogen-bond acceptors (Lipinski definition) is 2. The average Bonchev–Trinajstić information content (AvgIpc) is 2.45. The summed E-state index contributed by atoms with van der Waals surface area (Å²) < 4.78 is 1.06. The van der Waals surface area contributed by atoms with Crippen LogP contribution >= 0.6 is 15.9 Å². The van der Waals surface area contributed by atoms with Crippen molar-refractivity contribution in [2.45, 2.75) is 13.0 Å². The molecule has 1 N–H and O–H groups in total. The topological polar surface area (TPSA) is 32.3 Å². The minimum absolute atomic E-state index is 0.241. The fourth-order valence-corrected chi connectivity index (χ4v) is 2.29. The minimum atomic E-state index is 0.241. The molecule has 0 unspecified atom stereocenters. The van der Waals surface area contributed by atoms with Gasteiger partial charge in [0.15, 0.2) is 0 Å². The maximum absolute atomic E-state index is 11.8. The van der Waals surface area contributed by atoms with Crippen molar-refractivity contribution in [2.75, 3.05) is 19.6 Å².